The Bertz CT molecular complexity index is 654. The van der Waals surface area contributed by atoms with Crippen LogP contribution in [0.1, 0.15) is 11.4 Å². The van der Waals surface area contributed by atoms with Crippen molar-refractivity contribution < 1.29 is 8.42 Å². The van der Waals surface area contributed by atoms with E-state index in [0.717, 1.165) is 29.2 Å². The van der Waals surface area contributed by atoms with E-state index in [2.05, 4.69) is 20.4 Å². The molecule has 0 aliphatic heterocycles. The fourth-order valence-electron chi connectivity index (χ4n) is 1.80. The predicted octanol–water partition coefficient (Wildman–Crippen LogP) is 1.84. The average Bonchev–Trinajstić information content (AvgIpc) is 2.91. The highest BCUT2D eigenvalue weighted by Crippen LogP contribution is 2.21. The summed E-state index contributed by atoms with van der Waals surface area (Å²) in [7, 11) is -3.08. The summed E-state index contributed by atoms with van der Waals surface area (Å²) >= 11 is 1.63. The molecule has 7 heteroatoms. The van der Waals surface area contributed by atoms with Crippen molar-refractivity contribution >= 4 is 21.4 Å². The molecule has 0 amide bonds. The lowest BCUT2D eigenvalue weighted by Gasteiger charge is -2.03. The van der Waals surface area contributed by atoms with Gasteiger partial charge in [0, 0.05) is 24.0 Å². The monoisotopic (exact) mass is 325 g/mol. The summed E-state index contributed by atoms with van der Waals surface area (Å²) in [4.78, 5) is 4.58. The lowest BCUT2D eigenvalue weighted by atomic mass is 10.2. The second-order valence-electron chi connectivity index (χ2n) is 4.69. The van der Waals surface area contributed by atoms with Crippen LogP contribution in [0, 0.1) is 0 Å². The predicted molar refractivity (Wildman–Crippen MR) is 86.7 cm³/mol. The van der Waals surface area contributed by atoms with E-state index in [1.807, 2.05) is 30.3 Å². The van der Waals surface area contributed by atoms with E-state index in [9.17, 15) is 8.42 Å². The van der Waals surface area contributed by atoms with Gasteiger partial charge in [0.2, 0.25) is 10.0 Å². The van der Waals surface area contributed by atoms with Crippen molar-refractivity contribution in [2.24, 2.45) is 0 Å². The highest BCUT2D eigenvalue weighted by atomic mass is 32.2. The first-order valence-electron chi connectivity index (χ1n) is 6.70. The average molecular weight is 325 g/mol. The van der Waals surface area contributed by atoms with Crippen LogP contribution >= 0.6 is 11.3 Å². The molecule has 2 N–H and O–H groups in total. The van der Waals surface area contributed by atoms with Crippen molar-refractivity contribution in [2.45, 2.75) is 13.0 Å². The Kier molecular flexibility index (Phi) is 5.86. The van der Waals surface area contributed by atoms with Crippen LogP contribution in [0.4, 0.5) is 0 Å². The number of nitrogens with one attached hydrogen (secondary N) is 2. The van der Waals surface area contributed by atoms with Crippen molar-refractivity contribution in [1.82, 2.24) is 15.0 Å². The molecule has 0 spiro atoms. The molecule has 0 saturated carbocycles. The summed E-state index contributed by atoms with van der Waals surface area (Å²) < 4.78 is 24.2. The lowest BCUT2D eigenvalue weighted by molar-refractivity contribution is 0.579. The SMILES string of the molecule is CS(=O)(=O)NCCCNCc1nc(-c2ccccc2)cs1. The minimum atomic E-state index is -3.08. The molecule has 1 aromatic carbocycles. The smallest absolute Gasteiger partial charge is 0.208 e. The molecule has 1 aromatic heterocycles. The highest BCUT2D eigenvalue weighted by molar-refractivity contribution is 7.88. The van der Waals surface area contributed by atoms with Crippen molar-refractivity contribution in [3.63, 3.8) is 0 Å². The summed E-state index contributed by atoms with van der Waals surface area (Å²) in [6.45, 7) is 1.91. The number of nitrogens with zero attached hydrogens (tertiary/aromatic N) is 1. The Labute approximate surface area is 129 Å². The minimum Gasteiger partial charge on any atom is -0.310 e. The van der Waals surface area contributed by atoms with Crippen LogP contribution in [0.2, 0.25) is 0 Å². The maximum absolute atomic E-state index is 10.9. The summed E-state index contributed by atoms with van der Waals surface area (Å²) in [6, 6.07) is 10.1. The normalized spacial score (nSPS) is 11.7. The van der Waals surface area contributed by atoms with E-state index in [0.29, 0.717) is 13.1 Å². The standard InChI is InChI=1S/C14H19N3O2S2/c1-21(18,19)16-9-5-8-15-10-14-17-13(11-20-14)12-6-3-2-4-7-12/h2-4,6-7,11,15-16H,5,8-10H2,1H3. The van der Waals surface area contributed by atoms with Gasteiger partial charge in [-0.3, -0.25) is 0 Å². The van der Waals surface area contributed by atoms with Gasteiger partial charge in [-0.05, 0) is 13.0 Å². The first kappa shape index (κ1) is 16.1. The Hall–Kier alpha value is -1.28. The molecule has 0 fully saturated rings. The zero-order valence-electron chi connectivity index (χ0n) is 11.9. The van der Waals surface area contributed by atoms with Gasteiger partial charge < -0.3 is 5.32 Å². The van der Waals surface area contributed by atoms with Gasteiger partial charge in [0.15, 0.2) is 0 Å². The Morgan fingerprint density at radius 2 is 1.95 bits per heavy atom. The minimum absolute atomic E-state index is 0.457. The number of aromatic nitrogens is 1. The molecule has 0 aliphatic carbocycles. The van der Waals surface area contributed by atoms with Crippen LogP contribution in [0.3, 0.4) is 0 Å². The van der Waals surface area contributed by atoms with Crippen LogP contribution in [-0.2, 0) is 16.6 Å². The molecule has 2 rings (SSSR count). The van der Waals surface area contributed by atoms with E-state index >= 15 is 0 Å². The van der Waals surface area contributed by atoms with Crippen LogP contribution in [-0.4, -0.2) is 32.7 Å². The van der Waals surface area contributed by atoms with Gasteiger partial charge in [-0.2, -0.15) is 0 Å². The number of benzene rings is 1. The number of thiazole rings is 1. The Morgan fingerprint density at radius 3 is 2.67 bits per heavy atom. The number of sulfonamides is 1. The van der Waals surface area contributed by atoms with Crippen molar-refractivity contribution in [3.05, 3.63) is 40.7 Å². The zero-order valence-corrected chi connectivity index (χ0v) is 13.5. The van der Waals surface area contributed by atoms with E-state index in [4.69, 9.17) is 0 Å². The third kappa shape index (κ3) is 5.92. The van der Waals surface area contributed by atoms with Crippen molar-refractivity contribution in [1.29, 1.82) is 0 Å². The van der Waals surface area contributed by atoms with Gasteiger partial charge in [-0.15, -0.1) is 11.3 Å². The van der Waals surface area contributed by atoms with Crippen molar-refractivity contribution in [2.75, 3.05) is 19.3 Å². The van der Waals surface area contributed by atoms with Crippen LogP contribution in [0.25, 0.3) is 11.3 Å². The Morgan fingerprint density at radius 1 is 1.19 bits per heavy atom. The molecule has 21 heavy (non-hydrogen) atoms. The van der Waals surface area contributed by atoms with Gasteiger partial charge in [-0.1, -0.05) is 30.3 Å². The summed E-state index contributed by atoms with van der Waals surface area (Å²) in [5.74, 6) is 0. The molecule has 2 aromatic rings. The molecule has 1 heterocycles. The van der Waals surface area contributed by atoms with Gasteiger partial charge >= 0.3 is 0 Å². The third-order valence-electron chi connectivity index (χ3n) is 2.79. The van der Waals surface area contributed by atoms with Crippen LogP contribution < -0.4 is 10.0 Å². The van der Waals surface area contributed by atoms with Crippen LogP contribution in [0.15, 0.2) is 35.7 Å². The molecule has 0 radical (unpaired) electrons. The van der Waals surface area contributed by atoms with Crippen molar-refractivity contribution in [3.8, 4) is 11.3 Å². The number of hydrogen-bond donors (Lipinski definition) is 2. The number of rotatable bonds is 8. The fraction of sp³-hybridized carbons (Fsp3) is 0.357. The lowest BCUT2D eigenvalue weighted by Crippen LogP contribution is -2.26. The second-order valence-corrected chi connectivity index (χ2v) is 7.47. The van der Waals surface area contributed by atoms with E-state index in [-0.39, 0.29) is 0 Å². The molecular formula is C14H19N3O2S2. The fourth-order valence-corrected chi connectivity index (χ4v) is 3.09. The van der Waals surface area contributed by atoms with E-state index in [1.54, 1.807) is 11.3 Å². The zero-order chi connectivity index (χ0) is 15.1. The first-order chi connectivity index (χ1) is 10.0. The maximum Gasteiger partial charge on any atom is 0.208 e. The third-order valence-corrected chi connectivity index (χ3v) is 4.37. The van der Waals surface area contributed by atoms with Gasteiger partial charge in [-0.25, -0.2) is 18.1 Å². The molecule has 0 saturated heterocycles. The van der Waals surface area contributed by atoms with E-state index in [1.165, 1.54) is 6.26 Å². The molecule has 0 atom stereocenters. The summed E-state index contributed by atoms with van der Waals surface area (Å²) in [6.07, 6.45) is 1.92. The molecule has 0 unspecified atom stereocenters. The molecule has 5 nitrogen and oxygen atoms in total. The van der Waals surface area contributed by atoms with Gasteiger partial charge in [0.1, 0.15) is 5.01 Å². The Balaban J connectivity index is 1.72. The quantitative estimate of drug-likeness (QED) is 0.727. The first-order valence-corrected chi connectivity index (χ1v) is 9.47. The largest absolute Gasteiger partial charge is 0.310 e. The van der Waals surface area contributed by atoms with Crippen LogP contribution in [0.5, 0.6) is 0 Å². The summed E-state index contributed by atoms with van der Waals surface area (Å²) in [5.41, 5.74) is 2.12. The summed E-state index contributed by atoms with van der Waals surface area (Å²) in [5, 5.41) is 6.35. The molecule has 0 aliphatic rings. The molecule has 114 valence electrons. The second kappa shape index (κ2) is 7.65. The number of hydrogen-bond acceptors (Lipinski definition) is 5. The molecular weight excluding hydrogens is 306 g/mol. The van der Waals surface area contributed by atoms with Gasteiger partial charge in [0.05, 0.1) is 11.9 Å². The van der Waals surface area contributed by atoms with E-state index < -0.39 is 10.0 Å². The maximum atomic E-state index is 10.9. The van der Waals surface area contributed by atoms with Gasteiger partial charge in [0.25, 0.3) is 0 Å². The highest BCUT2D eigenvalue weighted by Gasteiger charge is 2.04. The molecule has 0 bridgehead atoms. The topological polar surface area (TPSA) is 71.1 Å².